The molecule has 0 heterocycles. The molecule has 2 rings (SSSR count). The second-order valence-corrected chi connectivity index (χ2v) is 8.65. The lowest BCUT2D eigenvalue weighted by molar-refractivity contribution is -0.384. The van der Waals surface area contributed by atoms with Crippen LogP contribution in [0.15, 0.2) is 48.5 Å². The summed E-state index contributed by atoms with van der Waals surface area (Å²) in [6, 6.07) is 12.5. The second kappa shape index (κ2) is 10.1. The predicted octanol–water partition coefficient (Wildman–Crippen LogP) is 3.03. The molecule has 10 heteroatoms. The van der Waals surface area contributed by atoms with Gasteiger partial charge in [0.15, 0.2) is 0 Å². The molecule has 0 fully saturated rings. The topological polar surface area (TPSA) is 119 Å². The van der Waals surface area contributed by atoms with Crippen molar-refractivity contribution in [2.75, 3.05) is 24.2 Å². The first kappa shape index (κ1) is 23.1. The Morgan fingerprint density at radius 2 is 1.93 bits per heavy atom. The molecule has 1 amide bonds. The highest BCUT2D eigenvalue weighted by Crippen LogP contribution is 2.25. The molecule has 0 aromatic heterocycles. The number of amides is 1. The average Bonchev–Trinajstić information content (AvgIpc) is 2.70. The van der Waals surface area contributed by atoms with E-state index in [1.807, 2.05) is 25.1 Å². The maximum Gasteiger partial charge on any atom is 0.271 e. The van der Waals surface area contributed by atoms with Gasteiger partial charge in [0.05, 0.1) is 30.0 Å². The van der Waals surface area contributed by atoms with Crippen molar-refractivity contribution in [3.8, 4) is 5.75 Å². The number of carbonyl (C=O) groups is 1. The summed E-state index contributed by atoms with van der Waals surface area (Å²) in [6.45, 7) is 1.86. The highest BCUT2D eigenvalue weighted by atomic mass is 32.2. The number of nitro groups is 1. The SMILES string of the molecule is COc1ccccc1[C@@H](C)NC(=O)CCCN(c1cccc([N+](=O)[O-])c1)S(C)(=O)=O. The molecule has 2 aromatic rings. The molecule has 2 aromatic carbocycles. The Hall–Kier alpha value is -3.14. The molecule has 30 heavy (non-hydrogen) atoms. The van der Waals surface area contributed by atoms with Gasteiger partial charge in [-0.15, -0.1) is 0 Å². The van der Waals surface area contributed by atoms with Crippen LogP contribution >= 0.6 is 0 Å². The molecule has 162 valence electrons. The molecule has 0 aliphatic carbocycles. The number of sulfonamides is 1. The first-order valence-electron chi connectivity index (χ1n) is 9.28. The van der Waals surface area contributed by atoms with E-state index < -0.39 is 14.9 Å². The number of nitrogens with one attached hydrogen (secondary N) is 1. The van der Waals surface area contributed by atoms with Crippen LogP contribution in [0.1, 0.15) is 31.4 Å². The van der Waals surface area contributed by atoms with Crippen molar-refractivity contribution in [2.45, 2.75) is 25.8 Å². The van der Waals surface area contributed by atoms with Gasteiger partial charge >= 0.3 is 0 Å². The van der Waals surface area contributed by atoms with E-state index >= 15 is 0 Å². The van der Waals surface area contributed by atoms with Crippen LogP contribution in [-0.2, 0) is 14.8 Å². The van der Waals surface area contributed by atoms with Gasteiger partial charge in [-0.1, -0.05) is 24.3 Å². The Bertz CT molecular complexity index is 1010. The third-order valence-corrected chi connectivity index (χ3v) is 5.67. The van der Waals surface area contributed by atoms with Crippen LogP contribution in [0.4, 0.5) is 11.4 Å². The lowest BCUT2D eigenvalue weighted by Crippen LogP contribution is -2.32. The summed E-state index contributed by atoms with van der Waals surface area (Å²) in [5, 5.41) is 13.8. The summed E-state index contributed by atoms with van der Waals surface area (Å²) < 4.78 is 30.7. The number of methoxy groups -OCH3 is 1. The average molecular weight is 436 g/mol. The van der Waals surface area contributed by atoms with Crippen molar-refractivity contribution in [3.63, 3.8) is 0 Å². The van der Waals surface area contributed by atoms with E-state index in [9.17, 15) is 23.3 Å². The largest absolute Gasteiger partial charge is 0.496 e. The number of anilines is 1. The molecular formula is C20H25N3O6S. The molecule has 0 unspecified atom stereocenters. The van der Waals surface area contributed by atoms with Gasteiger partial charge in [-0.25, -0.2) is 8.42 Å². The lowest BCUT2D eigenvalue weighted by Gasteiger charge is -2.22. The zero-order chi connectivity index (χ0) is 22.3. The van der Waals surface area contributed by atoms with Gasteiger partial charge in [-0.05, 0) is 25.5 Å². The van der Waals surface area contributed by atoms with Crippen molar-refractivity contribution >= 4 is 27.3 Å². The van der Waals surface area contributed by atoms with E-state index in [2.05, 4.69) is 5.32 Å². The third kappa shape index (κ3) is 6.18. The molecule has 1 N–H and O–H groups in total. The van der Waals surface area contributed by atoms with E-state index in [0.717, 1.165) is 16.1 Å². The van der Waals surface area contributed by atoms with Crippen molar-refractivity contribution in [3.05, 3.63) is 64.2 Å². The standard InChI is InChI=1S/C20H25N3O6S/c1-15(18-10-4-5-11-19(18)29-2)21-20(24)12-7-13-22(30(3,27)28)16-8-6-9-17(14-16)23(25)26/h4-6,8-11,14-15H,7,12-13H2,1-3H3,(H,21,24)/t15-/m1/s1. The number of benzene rings is 2. The van der Waals surface area contributed by atoms with Crippen LogP contribution in [0, 0.1) is 10.1 Å². The van der Waals surface area contributed by atoms with Gasteiger partial charge in [-0.2, -0.15) is 0 Å². The van der Waals surface area contributed by atoms with Crippen LogP contribution in [-0.4, -0.2) is 39.2 Å². The van der Waals surface area contributed by atoms with Crippen LogP contribution in [0.3, 0.4) is 0 Å². The normalized spacial score (nSPS) is 12.1. The third-order valence-electron chi connectivity index (χ3n) is 4.48. The van der Waals surface area contributed by atoms with Crippen LogP contribution < -0.4 is 14.4 Å². The van der Waals surface area contributed by atoms with Gasteiger partial charge < -0.3 is 10.1 Å². The molecular weight excluding hydrogens is 410 g/mol. The number of ether oxygens (including phenoxy) is 1. The minimum atomic E-state index is -3.67. The van der Waals surface area contributed by atoms with Crippen LogP contribution in [0.5, 0.6) is 5.75 Å². The van der Waals surface area contributed by atoms with Gasteiger partial charge in [0.1, 0.15) is 5.75 Å². The molecule has 0 radical (unpaired) electrons. The summed E-state index contributed by atoms with van der Waals surface area (Å²) in [5.41, 5.74) is 0.821. The van der Waals surface area contributed by atoms with Gasteiger partial charge in [0.25, 0.3) is 5.69 Å². The zero-order valence-electron chi connectivity index (χ0n) is 17.1. The number of hydrogen-bond acceptors (Lipinski definition) is 6. The number of non-ortho nitro benzene ring substituents is 1. The Labute approximate surface area is 175 Å². The van der Waals surface area contributed by atoms with Crippen molar-refractivity contribution in [1.82, 2.24) is 5.32 Å². The van der Waals surface area contributed by atoms with Crippen molar-refractivity contribution in [2.24, 2.45) is 0 Å². The van der Waals surface area contributed by atoms with Crippen molar-refractivity contribution in [1.29, 1.82) is 0 Å². The minimum absolute atomic E-state index is 0.0243. The number of nitro benzene ring substituents is 1. The summed E-state index contributed by atoms with van der Waals surface area (Å²) in [4.78, 5) is 22.7. The number of para-hydroxylation sites is 1. The Morgan fingerprint density at radius 3 is 2.57 bits per heavy atom. The Morgan fingerprint density at radius 1 is 1.23 bits per heavy atom. The molecule has 9 nitrogen and oxygen atoms in total. The van der Waals surface area contributed by atoms with E-state index in [0.29, 0.717) is 5.75 Å². The maximum absolute atomic E-state index is 12.3. The van der Waals surface area contributed by atoms with Crippen LogP contribution in [0.2, 0.25) is 0 Å². The minimum Gasteiger partial charge on any atom is -0.496 e. The summed E-state index contributed by atoms with van der Waals surface area (Å²) in [7, 11) is -2.11. The number of carbonyl (C=O) groups excluding carboxylic acids is 1. The molecule has 0 aliphatic rings. The van der Waals surface area contributed by atoms with E-state index in [4.69, 9.17) is 4.74 Å². The predicted molar refractivity (Wildman–Crippen MR) is 114 cm³/mol. The first-order chi connectivity index (χ1) is 14.1. The summed E-state index contributed by atoms with van der Waals surface area (Å²) in [5.74, 6) is 0.431. The van der Waals surface area contributed by atoms with Crippen LogP contribution in [0.25, 0.3) is 0 Å². The smallest absolute Gasteiger partial charge is 0.271 e. The highest BCUT2D eigenvalue weighted by Gasteiger charge is 2.20. The monoisotopic (exact) mass is 435 g/mol. The number of rotatable bonds is 10. The molecule has 0 saturated carbocycles. The summed E-state index contributed by atoms with van der Waals surface area (Å²) >= 11 is 0. The maximum atomic E-state index is 12.3. The van der Waals surface area contributed by atoms with Gasteiger partial charge in [0.2, 0.25) is 15.9 Å². The fourth-order valence-corrected chi connectivity index (χ4v) is 4.00. The number of nitrogens with zero attached hydrogens (tertiary/aromatic N) is 2. The zero-order valence-corrected chi connectivity index (χ0v) is 17.9. The van der Waals surface area contributed by atoms with Gasteiger partial charge in [-0.3, -0.25) is 19.2 Å². The summed E-state index contributed by atoms with van der Waals surface area (Å²) in [6.07, 6.45) is 1.37. The lowest BCUT2D eigenvalue weighted by atomic mass is 10.1. The van der Waals surface area contributed by atoms with Gasteiger partial charge in [0, 0.05) is 30.7 Å². The fraction of sp³-hybridized carbons (Fsp3) is 0.350. The van der Waals surface area contributed by atoms with E-state index in [-0.39, 0.29) is 42.7 Å². The fourth-order valence-electron chi connectivity index (χ4n) is 3.05. The Balaban J connectivity index is 2.01. The molecule has 0 bridgehead atoms. The molecule has 1 atom stereocenters. The van der Waals surface area contributed by atoms with E-state index in [1.54, 1.807) is 13.2 Å². The molecule has 0 aliphatic heterocycles. The Kier molecular flexibility index (Phi) is 7.76. The number of hydrogen-bond donors (Lipinski definition) is 1. The molecule has 0 saturated heterocycles. The first-order valence-corrected chi connectivity index (χ1v) is 11.1. The highest BCUT2D eigenvalue weighted by molar-refractivity contribution is 7.92. The van der Waals surface area contributed by atoms with E-state index in [1.165, 1.54) is 24.3 Å². The second-order valence-electron chi connectivity index (χ2n) is 6.75. The quantitative estimate of drug-likeness (QED) is 0.453. The van der Waals surface area contributed by atoms with Crippen molar-refractivity contribution < 1.29 is 22.9 Å². The molecule has 0 spiro atoms.